The Morgan fingerprint density at radius 2 is 0.750 bits per heavy atom. The third-order valence-electron chi connectivity index (χ3n) is 7.90. The van der Waals surface area contributed by atoms with Crippen molar-refractivity contribution in [1.29, 1.82) is 0 Å². The molecular weight excluding hydrogens is 488 g/mol. The van der Waals surface area contributed by atoms with Crippen LogP contribution in [-0.4, -0.2) is 14.9 Å². The first-order valence-electron chi connectivity index (χ1n) is 13.5. The number of carbonyl (C=O) groups is 1. The maximum absolute atomic E-state index is 13.9. The lowest BCUT2D eigenvalue weighted by Gasteiger charge is -2.08. The van der Waals surface area contributed by atoms with E-state index in [0.717, 1.165) is 55.0 Å². The number of para-hydroxylation sites is 4. The summed E-state index contributed by atoms with van der Waals surface area (Å²) in [4.78, 5) is 13.9. The maximum atomic E-state index is 13.9. The Morgan fingerprint density at radius 3 is 1.20 bits per heavy atom. The second kappa shape index (κ2) is 8.82. The van der Waals surface area contributed by atoms with Gasteiger partial charge in [0.2, 0.25) is 0 Å². The maximum Gasteiger partial charge on any atom is 0.193 e. The van der Waals surface area contributed by atoms with Crippen LogP contribution in [0.1, 0.15) is 15.9 Å². The van der Waals surface area contributed by atoms with Crippen molar-refractivity contribution in [2.75, 3.05) is 0 Å². The van der Waals surface area contributed by atoms with Crippen LogP contribution in [0.25, 0.3) is 55.0 Å². The average Bonchev–Trinajstić information content (AvgIpc) is 3.54. The third kappa shape index (κ3) is 3.35. The molecule has 0 bridgehead atoms. The molecule has 2 heterocycles. The molecule has 188 valence electrons. The molecule has 2 aromatic heterocycles. The number of nitrogens with zero attached hydrogens (tertiary/aromatic N) is 2. The summed E-state index contributed by atoms with van der Waals surface area (Å²) in [6, 6.07) is 49.7. The van der Waals surface area contributed by atoms with Gasteiger partial charge < -0.3 is 9.13 Å². The first kappa shape index (κ1) is 22.6. The van der Waals surface area contributed by atoms with Crippen molar-refractivity contribution in [3.63, 3.8) is 0 Å². The van der Waals surface area contributed by atoms with Crippen LogP contribution in [0.15, 0.2) is 146 Å². The van der Waals surface area contributed by atoms with Gasteiger partial charge in [-0.3, -0.25) is 4.79 Å². The normalized spacial score (nSPS) is 11.6. The van der Waals surface area contributed by atoms with Gasteiger partial charge >= 0.3 is 0 Å². The lowest BCUT2D eigenvalue weighted by Crippen LogP contribution is -2.01. The quantitative estimate of drug-likeness (QED) is 0.216. The van der Waals surface area contributed by atoms with Crippen LogP contribution in [-0.2, 0) is 0 Å². The summed E-state index contributed by atoms with van der Waals surface area (Å²) in [7, 11) is 0. The number of aromatic nitrogens is 2. The predicted octanol–water partition coefficient (Wildman–Crippen LogP) is 9.11. The van der Waals surface area contributed by atoms with E-state index >= 15 is 0 Å². The van der Waals surface area contributed by atoms with Gasteiger partial charge in [-0.1, -0.05) is 72.8 Å². The molecule has 0 amide bonds. The molecular formula is C37H24N2O. The van der Waals surface area contributed by atoms with Gasteiger partial charge in [0.05, 0.1) is 22.1 Å². The average molecular weight is 513 g/mol. The number of fused-ring (bicyclic) bond motifs is 6. The van der Waals surface area contributed by atoms with Gasteiger partial charge in [-0.05, 0) is 72.8 Å². The van der Waals surface area contributed by atoms with Gasteiger partial charge in [-0.15, -0.1) is 0 Å². The van der Waals surface area contributed by atoms with Gasteiger partial charge in [0.25, 0.3) is 0 Å². The van der Waals surface area contributed by atoms with Crippen LogP contribution in [0, 0.1) is 0 Å². The molecule has 8 rings (SSSR count). The van der Waals surface area contributed by atoms with Gasteiger partial charge in [0, 0.05) is 44.0 Å². The predicted molar refractivity (Wildman–Crippen MR) is 165 cm³/mol. The number of ketones is 1. The van der Waals surface area contributed by atoms with Crippen LogP contribution in [0.3, 0.4) is 0 Å². The molecule has 0 unspecified atom stereocenters. The number of benzene rings is 6. The molecule has 0 radical (unpaired) electrons. The first-order valence-corrected chi connectivity index (χ1v) is 13.5. The van der Waals surface area contributed by atoms with Crippen LogP contribution >= 0.6 is 0 Å². The highest BCUT2D eigenvalue weighted by atomic mass is 16.1. The minimum Gasteiger partial charge on any atom is -0.309 e. The molecule has 0 aliphatic heterocycles. The fourth-order valence-corrected chi connectivity index (χ4v) is 6.11. The van der Waals surface area contributed by atoms with E-state index in [0.29, 0.717) is 11.1 Å². The van der Waals surface area contributed by atoms with E-state index < -0.39 is 0 Å². The van der Waals surface area contributed by atoms with Crippen molar-refractivity contribution in [1.82, 2.24) is 9.13 Å². The highest BCUT2D eigenvalue weighted by molar-refractivity contribution is 6.18. The molecule has 3 nitrogen and oxygen atoms in total. The summed E-state index contributed by atoms with van der Waals surface area (Å²) in [5.41, 5.74) is 8.02. The highest BCUT2D eigenvalue weighted by Crippen LogP contribution is 2.35. The smallest absolute Gasteiger partial charge is 0.193 e. The summed E-state index contributed by atoms with van der Waals surface area (Å²) in [5.74, 6) is 0.0249. The number of carbonyl (C=O) groups excluding carboxylic acids is 1. The molecule has 0 aliphatic rings. The Balaban J connectivity index is 1.29. The number of hydrogen-bond donors (Lipinski definition) is 0. The molecule has 0 atom stereocenters. The van der Waals surface area contributed by atoms with Crippen LogP contribution in [0.5, 0.6) is 0 Å². The second-order valence-corrected chi connectivity index (χ2v) is 10.2. The zero-order valence-electron chi connectivity index (χ0n) is 21.7. The lowest BCUT2D eigenvalue weighted by molar-refractivity contribution is 0.103. The zero-order chi connectivity index (χ0) is 26.6. The minimum absolute atomic E-state index is 0.0249. The Kier molecular flexibility index (Phi) is 4.98. The molecule has 0 spiro atoms. The number of rotatable bonds is 4. The Labute approximate surface area is 231 Å². The third-order valence-corrected chi connectivity index (χ3v) is 7.90. The molecule has 0 aliphatic carbocycles. The molecule has 40 heavy (non-hydrogen) atoms. The monoisotopic (exact) mass is 512 g/mol. The molecule has 6 aromatic carbocycles. The fourth-order valence-electron chi connectivity index (χ4n) is 6.11. The second-order valence-electron chi connectivity index (χ2n) is 10.2. The molecule has 3 heteroatoms. The van der Waals surface area contributed by atoms with Crippen molar-refractivity contribution >= 4 is 49.4 Å². The molecule has 0 fully saturated rings. The number of hydrogen-bond acceptors (Lipinski definition) is 1. The summed E-state index contributed by atoms with van der Waals surface area (Å²) in [6.45, 7) is 0. The molecule has 0 N–H and O–H groups in total. The zero-order valence-corrected chi connectivity index (χ0v) is 21.7. The van der Waals surface area contributed by atoms with Crippen LogP contribution < -0.4 is 0 Å². The van der Waals surface area contributed by atoms with E-state index in [1.54, 1.807) is 0 Å². The van der Waals surface area contributed by atoms with Crippen LogP contribution in [0.2, 0.25) is 0 Å². The van der Waals surface area contributed by atoms with Crippen molar-refractivity contribution in [3.8, 4) is 11.4 Å². The molecule has 8 aromatic rings. The van der Waals surface area contributed by atoms with Crippen LogP contribution in [0.4, 0.5) is 0 Å². The summed E-state index contributed by atoms with van der Waals surface area (Å²) in [6.07, 6.45) is 0. The van der Waals surface area contributed by atoms with Crippen molar-refractivity contribution in [3.05, 3.63) is 157 Å². The largest absolute Gasteiger partial charge is 0.309 e. The van der Waals surface area contributed by atoms with Gasteiger partial charge in [-0.2, -0.15) is 0 Å². The van der Waals surface area contributed by atoms with Gasteiger partial charge in [0.15, 0.2) is 5.78 Å². The van der Waals surface area contributed by atoms with Crippen molar-refractivity contribution in [2.24, 2.45) is 0 Å². The van der Waals surface area contributed by atoms with E-state index in [9.17, 15) is 4.79 Å². The molecule has 0 saturated carbocycles. The molecule has 0 saturated heterocycles. The minimum atomic E-state index is 0.0249. The van der Waals surface area contributed by atoms with E-state index in [-0.39, 0.29) is 5.78 Å². The standard InChI is InChI=1S/C37H24N2O/c40-37(25-19-21-35-31(23-25)29-15-7-9-17-33(29)38(35)27-11-3-1-4-12-27)26-20-22-36-32(24-26)30-16-8-10-18-34(30)39(36)28-13-5-2-6-14-28/h1-24H. The Hall–Kier alpha value is -5.41. The van der Waals surface area contributed by atoms with Crippen molar-refractivity contribution < 1.29 is 4.79 Å². The summed E-state index contributed by atoms with van der Waals surface area (Å²) >= 11 is 0. The summed E-state index contributed by atoms with van der Waals surface area (Å²) < 4.78 is 4.53. The first-order chi connectivity index (χ1) is 19.8. The van der Waals surface area contributed by atoms with Gasteiger partial charge in [0.1, 0.15) is 0 Å². The SMILES string of the molecule is O=C(c1ccc2c(c1)c1ccccc1n2-c1ccccc1)c1ccc2c(c1)c1ccccc1n2-c1ccccc1. The van der Waals surface area contributed by atoms with E-state index in [1.807, 2.05) is 24.3 Å². The van der Waals surface area contributed by atoms with Gasteiger partial charge in [-0.25, -0.2) is 0 Å². The van der Waals surface area contributed by atoms with E-state index in [1.165, 1.54) is 0 Å². The topological polar surface area (TPSA) is 26.9 Å². The fraction of sp³-hybridized carbons (Fsp3) is 0. The summed E-state index contributed by atoms with van der Waals surface area (Å²) in [5, 5.41) is 4.42. The lowest BCUT2D eigenvalue weighted by atomic mass is 9.99. The Bertz CT molecular complexity index is 2060. The Morgan fingerprint density at radius 1 is 0.375 bits per heavy atom. The van der Waals surface area contributed by atoms with E-state index in [2.05, 4.69) is 130 Å². The van der Waals surface area contributed by atoms with Crippen molar-refractivity contribution in [2.45, 2.75) is 0 Å². The van der Waals surface area contributed by atoms with E-state index in [4.69, 9.17) is 0 Å². The highest BCUT2D eigenvalue weighted by Gasteiger charge is 2.18.